The Balaban J connectivity index is 2.13. The first-order chi connectivity index (χ1) is 8.74. The minimum Gasteiger partial charge on any atom is -0.497 e. The molecule has 1 unspecified atom stereocenters. The molecule has 18 heavy (non-hydrogen) atoms. The molecule has 0 radical (unpaired) electrons. The zero-order valence-corrected chi connectivity index (χ0v) is 11.5. The van der Waals surface area contributed by atoms with E-state index >= 15 is 0 Å². The van der Waals surface area contributed by atoms with Gasteiger partial charge < -0.3 is 9.84 Å². The third-order valence-electron chi connectivity index (χ3n) is 3.03. The van der Waals surface area contributed by atoms with Crippen molar-refractivity contribution in [3.63, 3.8) is 0 Å². The average molecular weight is 262 g/mol. The molecule has 1 N–H and O–H groups in total. The van der Waals surface area contributed by atoms with Crippen molar-refractivity contribution >= 4 is 11.3 Å². The molecule has 0 fully saturated rings. The largest absolute Gasteiger partial charge is 0.497 e. The van der Waals surface area contributed by atoms with Crippen molar-refractivity contribution in [3.8, 4) is 5.75 Å². The maximum atomic E-state index is 10.3. The lowest BCUT2D eigenvalue weighted by Crippen LogP contribution is -2.02. The topological polar surface area (TPSA) is 29.5 Å². The fourth-order valence-electron chi connectivity index (χ4n) is 2.05. The molecule has 0 aliphatic rings. The van der Waals surface area contributed by atoms with Gasteiger partial charge in [-0.05, 0) is 41.1 Å². The van der Waals surface area contributed by atoms with E-state index in [1.807, 2.05) is 29.6 Å². The summed E-state index contributed by atoms with van der Waals surface area (Å²) in [6.07, 6.45) is 1.17. The molecule has 3 heteroatoms. The Labute approximate surface area is 112 Å². The van der Waals surface area contributed by atoms with Crippen LogP contribution in [0.4, 0.5) is 0 Å². The lowest BCUT2D eigenvalue weighted by atomic mass is 10.0. The molecular formula is C15H18O2S. The highest BCUT2D eigenvalue weighted by Crippen LogP contribution is 2.28. The number of aliphatic hydroxyl groups is 1. The van der Waals surface area contributed by atoms with Crippen molar-refractivity contribution in [2.75, 3.05) is 7.11 Å². The van der Waals surface area contributed by atoms with E-state index in [4.69, 9.17) is 4.74 Å². The molecule has 0 aliphatic carbocycles. The molecular weight excluding hydrogens is 244 g/mol. The maximum absolute atomic E-state index is 10.3. The molecule has 2 aromatic rings. The smallest absolute Gasteiger partial charge is 0.119 e. The van der Waals surface area contributed by atoms with Crippen molar-refractivity contribution in [3.05, 3.63) is 51.7 Å². The van der Waals surface area contributed by atoms with Crippen molar-refractivity contribution < 1.29 is 9.84 Å². The lowest BCUT2D eigenvalue weighted by Gasteiger charge is -2.11. The Kier molecular flexibility index (Phi) is 4.39. The summed E-state index contributed by atoms with van der Waals surface area (Å²) >= 11 is 1.63. The van der Waals surface area contributed by atoms with Gasteiger partial charge in [-0.3, -0.25) is 0 Å². The molecule has 0 aliphatic heterocycles. The van der Waals surface area contributed by atoms with E-state index in [0.29, 0.717) is 6.42 Å². The second kappa shape index (κ2) is 6.03. The van der Waals surface area contributed by atoms with Gasteiger partial charge in [0, 0.05) is 11.3 Å². The number of thiophene rings is 1. The average Bonchev–Trinajstić information content (AvgIpc) is 2.87. The molecule has 2 nitrogen and oxygen atoms in total. The van der Waals surface area contributed by atoms with Crippen LogP contribution in [0.15, 0.2) is 35.7 Å². The second-order valence-corrected chi connectivity index (χ2v) is 5.18. The summed E-state index contributed by atoms with van der Waals surface area (Å²) in [5.41, 5.74) is 2.34. The molecule has 1 atom stereocenters. The van der Waals surface area contributed by atoms with Gasteiger partial charge in [-0.2, -0.15) is 0 Å². The van der Waals surface area contributed by atoms with Crippen LogP contribution in [-0.2, 0) is 12.8 Å². The summed E-state index contributed by atoms with van der Waals surface area (Å²) in [5, 5.41) is 12.4. The van der Waals surface area contributed by atoms with E-state index in [9.17, 15) is 5.11 Å². The second-order valence-electron chi connectivity index (χ2n) is 4.24. The van der Waals surface area contributed by atoms with Crippen molar-refractivity contribution in [1.29, 1.82) is 0 Å². The van der Waals surface area contributed by atoms with E-state index in [2.05, 4.69) is 13.0 Å². The van der Waals surface area contributed by atoms with Crippen LogP contribution < -0.4 is 4.74 Å². The van der Waals surface area contributed by atoms with Gasteiger partial charge in [0.25, 0.3) is 0 Å². The molecule has 0 bridgehead atoms. The van der Waals surface area contributed by atoms with Gasteiger partial charge in [0.15, 0.2) is 0 Å². The zero-order valence-electron chi connectivity index (χ0n) is 10.7. The van der Waals surface area contributed by atoms with Crippen LogP contribution in [0, 0.1) is 0 Å². The van der Waals surface area contributed by atoms with E-state index in [-0.39, 0.29) is 0 Å². The lowest BCUT2D eigenvalue weighted by molar-refractivity contribution is 0.181. The summed E-state index contributed by atoms with van der Waals surface area (Å²) in [6, 6.07) is 9.96. The maximum Gasteiger partial charge on any atom is 0.119 e. The van der Waals surface area contributed by atoms with Gasteiger partial charge >= 0.3 is 0 Å². The first-order valence-corrected chi connectivity index (χ1v) is 6.99. The van der Waals surface area contributed by atoms with E-state index in [1.165, 1.54) is 5.56 Å². The van der Waals surface area contributed by atoms with E-state index < -0.39 is 6.10 Å². The molecule has 1 aromatic carbocycles. The van der Waals surface area contributed by atoms with Crippen molar-refractivity contribution in [1.82, 2.24) is 0 Å². The summed E-state index contributed by atoms with van der Waals surface area (Å²) < 4.78 is 5.19. The van der Waals surface area contributed by atoms with Crippen molar-refractivity contribution in [2.24, 2.45) is 0 Å². The number of hydrogen-bond donors (Lipinski definition) is 1. The highest BCUT2D eigenvalue weighted by atomic mass is 32.1. The molecule has 0 saturated carbocycles. The van der Waals surface area contributed by atoms with Gasteiger partial charge in [-0.15, -0.1) is 11.3 Å². The van der Waals surface area contributed by atoms with Gasteiger partial charge in [0.05, 0.1) is 13.2 Å². The van der Waals surface area contributed by atoms with Crippen LogP contribution in [0.2, 0.25) is 0 Å². The normalized spacial score (nSPS) is 12.4. The highest BCUT2D eigenvalue weighted by Gasteiger charge is 2.14. The number of hydrogen-bond acceptors (Lipinski definition) is 3. The minimum atomic E-state index is -0.424. The first kappa shape index (κ1) is 13.1. The third-order valence-corrected chi connectivity index (χ3v) is 4.09. The fraction of sp³-hybridized carbons (Fsp3) is 0.333. The van der Waals surface area contributed by atoms with Gasteiger partial charge in [-0.25, -0.2) is 0 Å². The Bertz CT molecular complexity index is 505. The molecule has 0 amide bonds. The van der Waals surface area contributed by atoms with Crippen molar-refractivity contribution in [2.45, 2.75) is 25.9 Å². The molecule has 96 valence electrons. The SMILES string of the molecule is CCc1ccsc1C(O)Cc1cccc(OC)c1. The number of aryl methyl sites for hydroxylation is 1. The summed E-state index contributed by atoms with van der Waals surface area (Å²) in [7, 11) is 1.66. The standard InChI is InChI=1S/C15H18O2S/c1-3-12-7-8-18-15(12)14(16)10-11-5-4-6-13(9-11)17-2/h4-9,14,16H,3,10H2,1-2H3. The van der Waals surface area contributed by atoms with Crippen LogP contribution in [0.25, 0.3) is 0 Å². The summed E-state index contributed by atoms with van der Waals surface area (Å²) in [6.45, 7) is 2.11. The highest BCUT2D eigenvalue weighted by molar-refractivity contribution is 7.10. The third kappa shape index (κ3) is 2.92. The quantitative estimate of drug-likeness (QED) is 0.892. The summed E-state index contributed by atoms with van der Waals surface area (Å²) in [5.74, 6) is 0.835. The molecule has 1 aromatic heterocycles. The molecule has 0 spiro atoms. The van der Waals surface area contributed by atoms with E-state index in [1.54, 1.807) is 18.4 Å². The van der Waals surface area contributed by atoms with Crippen LogP contribution >= 0.6 is 11.3 Å². The predicted molar refractivity (Wildman–Crippen MR) is 75.4 cm³/mol. The number of ether oxygens (including phenoxy) is 1. The van der Waals surface area contributed by atoms with Crippen LogP contribution in [0.1, 0.15) is 29.0 Å². The Morgan fingerprint density at radius 3 is 2.89 bits per heavy atom. The summed E-state index contributed by atoms with van der Waals surface area (Å²) in [4.78, 5) is 1.08. The number of benzene rings is 1. The molecule has 0 saturated heterocycles. The van der Waals surface area contributed by atoms with Crippen LogP contribution in [-0.4, -0.2) is 12.2 Å². The Morgan fingerprint density at radius 1 is 1.33 bits per heavy atom. The van der Waals surface area contributed by atoms with Gasteiger partial charge in [0.2, 0.25) is 0 Å². The Hall–Kier alpha value is -1.32. The predicted octanol–water partition coefficient (Wildman–Crippen LogP) is 3.60. The fourth-order valence-corrected chi connectivity index (χ4v) is 3.03. The van der Waals surface area contributed by atoms with Crippen LogP contribution in [0.3, 0.4) is 0 Å². The number of methoxy groups -OCH3 is 1. The monoisotopic (exact) mass is 262 g/mol. The minimum absolute atomic E-state index is 0.424. The zero-order chi connectivity index (χ0) is 13.0. The van der Waals surface area contributed by atoms with Gasteiger partial charge in [0.1, 0.15) is 5.75 Å². The number of rotatable bonds is 5. The number of aliphatic hydroxyl groups excluding tert-OH is 1. The van der Waals surface area contributed by atoms with E-state index in [0.717, 1.165) is 22.6 Å². The van der Waals surface area contributed by atoms with Crippen LogP contribution in [0.5, 0.6) is 5.75 Å². The molecule has 1 heterocycles. The molecule has 2 rings (SSSR count). The Morgan fingerprint density at radius 2 is 2.17 bits per heavy atom. The first-order valence-electron chi connectivity index (χ1n) is 6.11. The van der Waals surface area contributed by atoms with Gasteiger partial charge in [-0.1, -0.05) is 19.1 Å².